The second-order valence-electron chi connectivity index (χ2n) is 4.19. The molecular formula is C14H7ClF4O2. The van der Waals surface area contributed by atoms with Crippen LogP contribution in [0.4, 0.5) is 17.6 Å². The van der Waals surface area contributed by atoms with Crippen molar-refractivity contribution in [2.45, 2.75) is 6.18 Å². The first-order valence-electron chi connectivity index (χ1n) is 5.60. The SMILES string of the molecule is O=C(O)c1cc(-c2ccc(C(F)(F)F)c(F)c2)ccc1Cl. The summed E-state index contributed by atoms with van der Waals surface area (Å²) in [6.07, 6.45) is -4.78. The van der Waals surface area contributed by atoms with Gasteiger partial charge in [0.1, 0.15) is 5.82 Å². The maximum atomic E-state index is 13.5. The third kappa shape index (κ3) is 3.16. The molecule has 21 heavy (non-hydrogen) atoms. The van der Waals surface area contributed by atoms with Gasteiger partial charge in [0.05, 0.1) is 16.1 Å². The van der Waals surface area contributed by atoms with E-state index < -0.39 is 23.5 Å². The molecule has 7 heteroatoms. The van der Waals surface area contributed by atoms with Gasteiger partial charge in [0.2, 0.25) is 0 Å². The maximum Gasteiger partial charge on any atom is 0.419 e. The van der Waals surface area contributed by atoms with E-state index in [1.54, 1.807) is 0 Å². The summed E-state index contributed by atoms with van der Waals surface area (Å²) >= 11 is 5.69. The average Bonchev–Trinajstić information content (AvgIpc) is 2.37. The molecule has 0 bridgehead atoms. The Morgan fingerprint density at radius 2 is 1.62 bits per heavy atom. The van der Waals surface area contributed by atoms with Gasteiger partial charge in [-0.25, -0.2) is 9.18 Å². The second kappa shape index (κ2) is 5.37. The Balaban J connectivity index is 2.51. The first kappa shape index (κ1) is 15.3. The van der Waals surface area contributed by atoms with E-state index in [0.717, 1.165) is 6.07 Å². The van der Waals surface area contributed by atoms with Gasteiger partial charge in [-0.05, 0) is 35.4 Å². The van der Waals surface area contributed by atoms with E-state index in [4.69, 9.17) is 16.7 Å². The van der Waals surface area contributed by atoms with Crippen molar-refractivity contribution in [3.05, 3.63) is 58.4 Å². The molecule has 0 heterocycles. The predicted molar refractivity (Wildman–Crippen MR) is 68.8 cm³/mol. The molecule has 0 unspecified atom stereocenters. The van der Waals surface area contributed by atoms with Crippen LogP contribution in [0.1, 0.15) is 15.9 Å². The standard InChI is InChI=1S/C14H7ClF4O2/c15-11-4-2-7(5-9(11)13(20)21)8-1-3-10(12(16)6-8)14(17,18)19/h1-6H,(H,20,21). The van der Waals surface area contributed by atoms with E-state index in [9.17, 15) is 22.4 Å². The number of carbonyl (C=O) groups is 1. The topological polar surface area (TPSA) is 37.3 Å². The second-order valence-corrected chi connectivity index (χ2v) is 4.60. The molecule has 0 atom stereocenters. The molecule has 0 aliphatic rings. The molecule has 0 amide bonds. The third-order valence-corrected chi connectivity index (χ3v) is 3.13. The van der Waals surface area contributed by atoms with Crippen molar-refractivity contribution in [2.75, 3.05) is 0 Å². The van der Waals surface area contributed by atoms with Crippen molar-refractivity contribution in [3.63, 3.8) is 0 Å². The Kier molecular flexibility index (Phi) is 3.91. The monoisotopic (exact) mass is 318 g/mol. The summed E-state index contributed by atoms with van der Waals surface area (Å²) in [5.74, 6) is -2.71. The van der Waals surface area contributed by atoms with Crippen LogP contribution in [-0.4, -0.2) is 11.1 Å². The molecule has 0 saturated carbocycles. The number of hydrogen-bond acceptors (Lipinski definition) is 1. The normalized spacial score (nSPS) is 11.5. The van der Waals surface area contributed by atoms with Gasteiger partial charge in [0.15, 0.2) is 0 Å². The van der Waals surface area contributed by atoms with Crippen LogP contribution in [0.5, 0.6) is 0 Å². The van der Waals surface area contributed by atoms with Gasteiger partial charge in [-0.15, -0.1) is 0 Å². The Morgan fingerprint density at radius 1 is 1.05 bits per heavy atom. The summed E-state index contributed by atoms with van der Waals surface area (Å²) in [4.78, 5) is 11.0. The fourth-order valence-electron chi connectivity index (χ4n) is 1.79. The maximum absolute atomic E-state index is 13.5. The summed E-state index contributed by atoms with van der Waals surface area (Å²) in [5.41, 5.74) is -1.21. The summed E-state index contributed by atoms with van der Waals surface area (Å²) in [6.45, 7) is 0. The van der Waals surface area contributed by atoms with E-state index in [1.807, 2.05) is 0 Å². The van der Waals surface area contributed by atoms with Gasteiger partial charge in [-0.3, -0.25) is 0 Å². The van der Waals surface area contributed by atoms with E-state index in [0.29, 0.717) is 12.1 Å². The summed E-state index contributed by atoms with van der Waals surface area (Å²) in [6, 6.07) is 6.25. The minimum absolute atomic E-state index is 0.0152. The van der Waals surface area contributed by atoms with Crippen LogP contribution >= 0.6 is 11.6 Å². The van der Waals surface area contributed by atoms with Crippen molar-refractivity contribution < 1.29 is 27.5 Å². The van der Waals surface area contributed by atoms with Crippen molar-refractivity contribution in [3.8, 4) is 11.1 Å². The van der Waals surface area contributed by atoms with Crippen molar-refractivity contribution >= 4 is 17.6 Å². The Hall–Kier alpha value is -2.08. The van der Waals surface area contributed by atoms with Gasteiger partial charge in [0.25, 0.3) is 0 Å². The van der Waals surface area contributed by atoms with Crippen molar-refractivity contribution in [1.82, 2.24) is 0 Å². The molecule has 110 valence electrons. The molecule has 1 N–H and O–H groups in total. The highest BCUT2D eigenvalue weighted by Gasteiger charge is 2.33. The lowest BCUT2D eigenvalue weighted by Crippen LogP contribution is -2.07. The predicted octanol–water partition coefficient (Wildman–Crippen LogP) is 4.86. The Bertz CT molecular complexity index is 711. The first-order chi connectivity index (χ1) is 9.70. The number of rotatable bonds is 2. The van der Waals surface area contributed by atoms with E-state index in [-0.39, 0.29) is 21.7 Å². The number of carboxylic acids is 1. The van der Waals surface area contributed by atoms with Gasteiger partial charge in [-0.1, -0.05) is 23.7 Å². The fraction of sp³-hybridized carbons (Fsp3) is 0.0714. The summed E-state index contributed by atoms with van der Waals surface area (Å²) in [7, 11) is 0. The zero-order chi connectivity index (χ0) is 15.8. The highest BCUT2D eigenvalue weighted by Crippen LogP contribution is 2.34. The fourth-order valence-corrected chi connectivity index (χ4v) is 1.99. The summed E-state index contributed by atoms with van der Waals surface area (Å²) < 4.78 is 50.9. The van der Waals surface area contributed by atoms with Crippen molar-refractivity contribution in [1.29, 1.82) is 0 Å². The zero-order valence-electron chi connectivity index (χ0n) is 10.2. The number of alkyl halides is 3. The number of aromatic carboxylic acids is 1. The molecule has 2 aromatic carbocycles. The largest absolute Gasteiger partial charge is 0.478 e. The summed E-state index contributed by atoms with van der Waals surface area (Å²) in [5, 5.41) is 8.92. The van der Waals surface area contributed by atoms with Gasteiger partial charge in [0, 0.05) is 0 Å². The molecule has 2 rings (SSSR count). The third-order valence-electron chi connectivity index (χ3n) is 2.80. The molecule has 0 aliphatic carbocycles. The number of benzene rings is 2. The molecular weight excluding hydrogens is 312 g/mol. The first-order valence-corrected chi connectivity index (χ1v) is 5.98. The number of carboxylic acid groups (broad SMARTS) is 1. The molecule has 0 aromatic heterocycles. The lowest BCUT2D eigenvalue weighted by Gasteiger charge is -2.10. The van der Waals surface area contributed by atoms with Crippen LogP contribution < -0.4 is 0 Å². The Labute approximate surface area is 121 Å². The van der Waals surface area contributed by atoms with Crippen LogP contribution in [-0.2, 0) is 6.18 Å². The molecule has 0 spiro atoms. The zero-order valence-corrected chi connectivity index (χ0v) is 11.0. The molecule has 0 fully saturated rings. The molecule has 0 aliphatic heterocycles. The smallest absolute Gasteiger partial charge is 0.419 e. The molecule has 2 aromatic rings. The van der Waals surface area contributed by atoms with Crippen LogP contribution in [0.3, 0.4) is 0 Å². The molecule has 0 saturated heterocycles. The Morgan fingerprint density at radius 3 is 2.14 bits per heavy atom. The minimum atomic E-state index is -4.78. The van der Waals surface area contributed by atoms with Gasteiger partial charge >= 0.3 is 12.1 Å². The lowest BCUT2D eigenvalue weighted by atomic mass is 10.0. The quantitative estimate of drug-likeness (QED) is 0.803. The molecule has 2 nitrogen and oxygen atoms in total. The van der Waals surface area contributed by atoms with E-state index in [2.05, 4.69) is 0 Å². The van der Waals surface area contributed by atoms with Crippen LogP contribution in [0.15, 0.2) is 36.4 Å². The molecule has 0 radical (unpaired) electrons. The van der Waals surface area contributed by atoms with E-state index >= 15 is 0 Å². The van der Waals surface area contributed by atoms with Gasteiger partial charge < -0.3 is 5.11 Å². The number of hydrogen-bond donors (Lipinski definition) is 1. The van der Waals surface area contributed by atoms with Gasteiger partial charge in [-0.2, -0.15) is 13.2 Å². The minimum Gasteiger partial charge on any atom is -0.478 e. The highest BCUT2D eigenvalue weighted by molar-refractivity contribution is 6.33. The number of halogens is 5. The lowest BCUT2D eigenvalue weighted by molar-refractivity contribution is -0.139. The van der Waals surface area contributed by atoms with Crippen LogP contribution in [0, 0.1) is 5.82 Å². The van der Waals surface area contributed by atoms with Crippen LogP contribution in [0.25, 0.3) is 11.1 Å². The highest BCUT2D eigenvalue weighted by atomic mass is 35.5. The van der Waals surface area contributed by atoms with Crippen LogP contribution in [0.2, 0.25) is 5.02 Å². The van der Waals surface area contributed by atoms with Crippen molar-refractivity contribution in [2.24, 2.45) is 0 Å². The van der Waals surface area contributed by atoms with E-state index in [1.165, 1.54) is 18.2 Å². The average molecular weight is 319 g/mol.